The van der Waals surface area contributed by atoms with Crippen molar-refractivity contribution in [2.75, 3.05) is 52.4 Å². The molecule has 3 saturated heterocycles. The number of likely N-dealkylation sites (tertiary alicyclic amines) is 1. The molecular formula is C26H42N4O2. The number of nitrogens with one attached hydrogen (secondary N) is 1. The normalized spacial score (nSPS) is 24.8. The van der Waals surface area contributed by atoms with E-state index in [1.54, 1.807) is 0 Å². The summed E-state index contributed by atoms with van der Waals surface area (Å²) in [5.74, 6) is 0.743. The fraction of sp³-hybridized carbons (Fsp3) is 0.731. The monoisotopic (exact) mass is 442 g/mol. The fourth-order valence-corrected chi connectivity index (χ4v) is 5.60. The topological polar surface area (TPSA) is 48.1 Å². The van der Waals surface area contributed by atoms with Crippen LogP contribution in [-0.4, -0.2) is 84.8 Å². The maximum Gasteiger partial charge on any atom is 0.317 e. The zero-order valence-electron chi connectivity index (χ0n) is 20.3. The van der Waals surface area contributed by atoms with Crippen LogP contribution in [0.2, 0.25) is 0 Å². The molecule has 0 aliphatic carbocycles. The lowest BCUT2D eigenvalue weighted by Gasteiger charge is -2.49. The summed E-state index contributed by atoms with van der Waals surface area (Å²) in [5, 5.41) is 3.09. The van der Waals surface area contributed by atoms with Crippen molar-refractivity contribution >= 4 is 6.03 Å². The summed E-state index contributed by atoms with van der Waals surface area (Å²) in [6.07, 6.45) is 4.17. The average molecular weight is 443 g/mol. The lowest BCUT2D eigenvalue weighted by molar-refractivity contribution is -0.132. The van der Waals surface area contributed by atoms with Gasteiger partial charge in [0.1, 0.15) is 0 Å². The molecule has 0 unspecified atom stereocenters. The highest BCUT2D eigenvalue weighted by atomic mass is 16.5. The standard InChI is InChI=1S/C26H42N4O2/c1-21(2)20-28-13-15-29(16-14-28)24-8-17-32-26(18-24)9-11-30(12-10-26)25(31)27-19-23-6-4-22(3)5-7-23/h4-7,21,24H,8-20H2,1-3H3,(H,27,31)/t24-/m1/s1. The number of piperidine rings is 1. The van der Waals surface area contributed by atoms with Crippen molar-refractivity contribution in [2.45, 2.75) is 64.6 Å². The van der Waals surface area contributed by atoms with Gasteiger partial charge in [0.05, 0.1) is 5.60 Å². The minimum absolute atomic E-state index is 0.0360. The van der Waals surface area contributed by atoms with Crippen LogP contribution in [0.5, 0.6) is 0 Å². The average Bonchev–Trinajstić information content (AvgIpc) is 2.79. The van der Waals surface area contributed by atoms with Crippen molar-refractivity contribution in [2.24, 2.45) is 5.92 Å². The van der Waals surface area contributed by atoms with Crippen molar-refractivity contribution in [3.8, 4) is 0 Å². The third kappa shape index (κ3) is 6.03. The van der Waals surface area contributed by atoms with Crippen molar-refractivity contribution in [1.29, 1.82) is 0 Å². The van der Waals surface area contributed by atoms with E-state index < -0.39 is 0 Å². The number of urea groups is 1. The molecule has 1 atom stereocenters. The zero-order chi connectivity index (χ0) is 22.6. The summed E-state index contributed by atoms with van der Waals surface area (Å²) in [4.78, 5) is 20.0. The number of carbonyl (C=O) groups excluding carboxylic acids is 1. The molecule has 0 bridgehead atoms. The zero-order valence-corrected chi connectivity index (χ0v) is 20.3. The highest BCUT2D eigenvalue weighted by Crippen LogP contribution is 2.37. The van der Waals surface area contributed by atoms with E-state index in [0.29, 0.717) is 12.6 Å². The van der Waals surface area contributed by atoms with Crippen molar-refractivity contribution in [1.82, 2.24) is 20.0 Å². The Labute approximate surface area is 194 Å². The SMILES string of the molecule is Cc1ccc(CNC(=O)N2CCC3(CC2)C[C@H](N2CCN(CC(C)C)CC2)CCO3)cc1. The Morgan fingerprint density at radius 1 is 1.09 bits per heavy atom. The molecule has 1 aromatic carbocycles. The predicted octanol–water partition coefficient (Wildman–Crippen LogP) is 3.49. The Morgan fingerprint density at radius 2 is 1.78 bits per heavy atom. The van der Waals surface area contributed by atoms with Gasteiger partial charge < -0.3 is 19.9 Å². The summed E-state index contributed by atoms with van der Waals surface area (Å²) in [7, 11) is 0. The molecule has 1 aromatic rings. The molecular weight excluding hydrogens is 400 g/mol. The van der Waals surface area contributed by atoms with Crippen LogP contribution in [0.1, 0.15) is 50.7 Å². The Bertz CT molecular complexity index is 735. The van der Waals surface area contributed by atoms with Crippen molar-refractivity contribution in [3.63, 3.8) is 0 Å². The molecule has 3 heterocycles. The molecule has 32 heavy (non-hydrogen) atoms. The molecule has 0 saturated carbocycles. The number of nitrogens with zero attached hydrogens (tertiary/aromatic N) is 3. The minimum Gasteiger partial charge on any atom is -0.375 e. The van der Waals surface area contributed by atoms with Gasteiger partial charge >= 0.3 is 6.03 Å². The molecule has 3 aliphatic heterocycles. The third-order valence-corrected chi connectivity index (χ3v) is 7.54. The highest BCUT2D eigenvalue weighted by Gasteiger charge is 2.42. The summed E-state index contributed by atoms with van der Waals surface area (Å²) < 4.78 is 6.37. The van der Waals surface area contributed by atoms with Gasteiger partial charge in [-0.3, -0.25) is 4.90 Å². The quantitative estimate of drug-likeness (QED) is 0.758. The molecule has 1 spiro atoms. The third-order valence-electron chi connectivity index (χ3n) is 7.54. The molecule has 6 nitrogen and oxygen atoms in total. The van der Waals surface area contributed by atoms with E-state index in [9.17, 15) is 4.79 Å². The Balaban J connectivity index is 1.23. The number of hydrogen-bond acceptors (Lipinski definition) is 4. The van der Waals surface area contributed by atoms with Crippen LogP contribution in [0.25, 0.3) is 0 Å². The van der Waals surface area contributed by atoms with Gasteiger partial charge in [0, 0.05) is 65.0 Å². The number of hydrogen-bond donors (Lipinski definition) is 1. The molecule has 3 aliphatic rings. The van der Waals surface area contributed by atoms with Crippen LogP contribution in [0.15, 0.2) is 24.3 Å². The second-order valence-corrected chi connectivity index (χ2v) is 10.5. The molecule has 0 aromatic heterocycles. The van der Waals surface area contributed by atoms with E-state index in [0.717, 1.165) is 56.9 Å². The van der Waals surface area contributed by atoms with E-state index in [4.69, 9.17) is 4.74 Å². The van der Waals surface area contributed by atoms with Gasteiger partial charge in [-0.1, -0.05) is 43.7 Å². The first kappa shape index (κ1) is 23.5. The number of rotatable bonds is 5. The molecule has 1 N–H and O–H groups in total. The number of benzene rings is 1. The van der Waals surface area contributed by atoms with E-state index >= 15 is 0 Å². The van der Waals surface area contributed by atoms with Crippen LogP contribution in [0.3, 0.4) is 0 Å². The fourth-order valence-electron chi connectivity index (χ4n) is 5.60. The first-order valence-electron chi connectivity index (χ1n) is 12.6. The van der Waals surface area contributed by atoms with Gasteiger partial charge in [-0.15, -0.1) is 0 Å². The molecule has 3 fully saturated rings. The number of carbonyl (C=O) groups is 1. The number of ether oxygens (including phenoxy) is 1. The number of piperazine rings is 1. The highest BCUT2D eigenvalue weighted by molar-refractivity contribution is 5.74. The van der Waals surface area contributed by atoms with Crippen molar-refractivity contribution < 1.29 is 9.53 Å². The first-order chi connectivity index (χ1) is 15.4. The molecule has 178 valence electrons. The van der Waals surface area contributed by atoms with E-state index in [-0.39, 0.29) is 11.6 Å². The molecule has 4 rings (SSSR count). The maximum absolute atomic E-state index is 12.7. The lowest BCUT2D eigenvalue weighted by Crippen LogP contribution is -2.58. The van der Waals surface area contributed by atoms with Gasteiger partial charge in [-0.05, 0) is 44.1 Å². The van der Waals surface area contributed by atoms with E-state index in [2.05, 4.69) is 60.2 Å². The Morgan fingerprint density at radius 3 is 2.44 bits per heavy atom. The van der Waals surface area contributed by atoms with Gasteiger partial charge in [0.15, 0.2) is 0 Å². The van der Waals surface area contributed by atoms with Gasteiger partial charge in [-0.25, -0.2) is 4.79 Å². The second kappa shape index (κ2) is 10.5. The van der Waals surface area contributed by atoms with Crippen LogP contribution >= 0.6 is 0 Å². The molecule has 6 heteroatoms. The van der Waals surface area contributed by atoms with Crippen LogP contribution < -0.4 is 5.32 Å². The van der Waals surface area contributed by atoms with Crippen LogP contribution in [0.4, 0.5) is 4.79 Å². The van der Waals surface area contributed by atoms with Gasteiger partial charge in [0.2, 0.25) is 0 Å². The minimum atomic E-state index is -0.0360. The van der Waals surface area contributed by atoms with Crippen molar-refractivity contribution in [3.05, 3.63) is 35.4 Å². The summed E-state index contributed by atoms with van der Waals surface area (Å²) >= 11 is 0. The van der Waals surface area contributed by atoms with E-state index in [1.165, 1.54) is 38.3 Å². The summed E-state index contributed by atoms with van der Waals surface area (Å²) in [5.41, 5.74) is 2.35. The Hall–Kier alpha value is -1.63. The maximum atomic E-state index is 12.7. The number of amides is 2. The van der Waals surface area contributed by atoms with Gasteiger partial charge in [-0.2, -0.15) is 0 Å². The second-order valence-electron chi connectivity index (χ2n) is 10.5. The van der Waals surface area contributed by atoms with Crippen LogP contribution in [0, 0.1) is 12.8 Å². The largest absolute Gasteiger partial charge is 0.375 e. The first-order valence-corrected chi connectivity index (χ1v) is 12.6. The summed E-state index contributed by atoms with van der Waals surface area (Å²) in [6.45, 7) is 15.7. The molecule has 0 radical (unpaired) electrons. The van der Waals surface area contributed by atoms with E-state index in [1.807, 2.05) is 4.90 Å². The Kier molecular flexibility index (Phi) is 7.74. The smallest absolute Gasteiger partial charge is 0.317 e. The molecule has 2 amide bonds. The van der Waals surface area contributed by atoms with Gasteiger partial charge in [0.25, 0.3) is 0 Å². The van der Waals surface area contributed by atoms with Crippen LogP contribution in [-0.2, 0) is 11.3 Å². The lowest BCUT2D eigenvalue weighted by atomic mass is 9.81. The summed E-state index contributed by atoms with van der Waals surface area (Å²) in [6, 6.07) is 9.03. The number of aryl methyl sites for hydroxylation is 1. The predicted molar refractivity (Wildman–Crippen MR) is 129 cm³/mol.